The molecule has 0 aliphatic carbocycles. The van der Waals surface area contributed by atoms with Crippen molar-refractivity contribution in [1.82, 2.24) is 0 Å². The van der Waals surface area contributed by atoms with E-state index in [1.54, 1.807) is 7.11 Å². The second kappa shape index (κ2) is 10.2. The predicted octanol–water partition coefficient (Wildman–Crippen LogP) is 3.21. The molecule has 0 aliphatic rings. The Morgan fingerprint density at radius 3 is 2.61 bits per heavy atom. The van der Waals surface area contributed by atoms with E-state index < -0.39 is 8.32 Å². The van der Waals surface area contributed by atoms with E-state index in [1.165, 1.54) is 12.5 Å². The van der Waals surface area contributed by atoms with Gasteiger partial charge in [-0.25, -0.2) is 0 Å². The number of thioether (sulfide) groups is 1. The lowest BCUT2D eigenvalue weighted by atomic mass is 10.3. The first-order valence-corrected chi connectivity index (χ1v) is 11.1. The highest BCUT2D eigenvalue weighted by atomic mass is 32.2. The maximum atomic E-state index is 11.2. The Balaban J connectivity index is 3.34. The predicted molar refractivity (Wildman–Crippen MR) is 85.3 cm³/mol. The third-order valence-corrected chi connectivity index (χ3v) is 6.45. The van der Waals surface area contributed by atoms with E-state index in [1.807, 2.05) is 18.7 Å². The van der Waals surface area contributed by atoms with Gasteiger partial charge in [0.2, 0.25) is 0 Å². The molecule has 0 heterocycles. The molecule has 0 aromatic carbocycles. The molecule has 0 N–H and O–H groups in total. The van der Waals surface area contributed by atoms with Crippen molar-refractivity contribution in [2.45, 2.75) is 44.2 Å². The number of carbonyl (C=O) groups is 1. The zero-order valence-corrected chi connectivity index (χ0v) is 14.6. The standard InChI is InChI=1S/C12H26O3S2Si/c1-11(16)10-12(13)15-6-8-17-7-5-9-18(3,4)14-2/h11,16H,5-10H2,1-4H3. The number of thiol groups is 1. The zero-order chi connectivity index (χ0) is 14.0. The Morgan fingerprint density at radius 2 is 2.06 bits per heavy atom. The van der Waals surface area contributed by atoms with E-state index in [2.05, 4.69) is 25.7 Å². The Bertz CT molecular complexity index is 235. The van der Waals surface area contributed by atoms with Crippen LogP contribution < -0.4 is 0 Å². The van der Waals surface area contributed by atoms with Gasteiger partial charge in [-0.3, -0.25) is 4.79 Å². The molecule has 108 valence electrons. The monoisotopic (exact) mass is 310 g/mol. The number of ether oxygens (including phenoxy) is 1. The summed E-state index contributed by atoms with van der Waals surface area (Å²) in [6.45, 7) is 6.87. The van der Waals surface area contributed by atoms with Crippen molar-refractivity contribution in [3.05, 3.63) is 0 Å². The molecule has 1 atom stereocenters. The highest BCUT2D eigenvalue weighted by molar-refractivity contribution is 7.99. The van der Waals surface area contributed by atoms with Gasteiger partial charge in [0, 0.05) is 18.1 Å². The molecule has 0 bridgehead atoms. The second-order valence-corrected chi connectivity index (χ2v) is 11.5. The SMILES string of the molecule is CO[Si](C)(C)CCCSCCOC(=O)CC(C)S. The molecule has 3 nitrogen and oxygen atoms in total. The van der Waals surface area contributed by atoms with Crippen molar-refractivity contribution in [2.24, 2.45) is 0 Å². The highest BCUT2D eigenvalue weighted by Crippen LogP contribution is 2.15. The molecule has 6 heteroatoms. The molecule has 0 aliphatic heterocycles. The molecule has 0 fully saturated rings. The summed E-state index contributed by atoms with van der Waals surface area (Å²) in [6, 6.07) is 1.19. The van der Waals surface area contributed by atoms with Crippen LogP contribution in [-0.4, -0.2) is 44.8 Å². The third-order valence-electron chi connectivity index (χ3n) is 2.57. The Labute approximate surface area is 122 Å². The van der Waals surface area contributed by atoms with Gasteiger partial charge in [-0.2, -0.15) is 24.4 Å². The van der Waals surface area contributed by atoms with E-state index in [-0.39, 0.29) is 11.2 Å². The van der Waals surface area contributed by atoms with Crippen LogP contribution in [0.1, 0.15) is 19.8 Å². The first kappa shape index (κ1) is 18.3. The molecule has 0 radical (unpaired) electrons. The van der Waals surface area contributed by atoms with Gasteiger partial charge in [-0.15, -0.1) is 0 Å². The summed E-state index contributed by atoms with van der Waals surface area (Å²) < 4.78 is 10.6. The average molecular weight is 311 g/mol. The molecule has 0 amide bonds. The number of esters is 1. The molecule has 1 unspecified atom stereocenters. The molecule has 18 heavy (non-hydrogen) atoms. The number of rotatable bonds is 10. The van der Waals surface area contributed by atoms with Crippen LogP contribution in [-0.2, 0) is 14.0 Å². The highest BCUT2D eigenvalue weighted by Gasteiger charge is 2.19. The van der Waals surface area contributed by atoms with Crippen LogP contribution in [0.2, 0.25) is 19.1 Å². The third kappa shape index (κ3) is 11.4. The van der Waals surface area contributed by atoms with Crippen LogP contribution in [0, 0.1) is 0 Å². The molecule has 0 aromatic rings. The molecular formula is C12H26O3S2Si. The van der Waals surface area contributed by atoms with Crippen LogP contribution in [0.15, 0.2) is 0 Å². The Kier molecular flexibility index (Phi) is 10.4. The minimum absolute atomic E-state index is 0.0754. The summed E-state index contributed by atoms with van der Waals surface area (Å²) in [7, 11) is 0.418. The first-order chi connectivity index (χ1) is 8.37. The van der Waals surface area contributed by atoms with Crippen LogP contribution in [0.25, 0.3) is 0 Å². The van der Waals surface area contributed by atoms with Crippen molar-refractivity contribution < 1.29 is 14.0 Å². The minimum atomic E-state index is -1.39. The Hall–Kier alpha value is 0.347. The lowest BCUT2D eigenvalue weighted by molar-refractivity contribution is -0.142. The van der Waals surface area contributed by atoms with Crippen LogP contribution in [0.3, 0.4) is 0 Å². The molecule has 0 saturated carbocycles. The topological polar surface area (TPSA) is 35.5 Å². The molecule has 0 spiro atoms. The molecule has 0 saturated heterocycles. The van der Waals surface area contributed by atoms with E-state index in [4.69, 9.17) is 9.16 Å². The fourth-order valence-electron chi connectivity index (χ4n) is 1.32. The van der Waals surface area contributed by atoms with E-state index in [9.17, 15) is 4.79 Å². The van der Waals surface area contributed by atoms with Crippen LogP contribution in [0.4, 0.5) is 0 Å². The van der Waals surface area contributed by atoms with E-state index in [0.717, 1.165) is 11.5 Å². The Morgan fingerprint density at radius 1 is 1.39 bits per heavy atom. The number of hydrogen-bond acceptors (Lipinski definition) is 5. The van der Waals surface area contributed by atoms with Crippen LogP contribution >= 0.6 is 24.4 Å². The lowest BCUT2D eigenvalue weighted by Crippen LogP contribution is -2.28. The number of hydrogen-bond donors (Lipinski definition) is 1. The normalized spacial score (nSPS) is 13.4. The summed E-state index contributed by atoms with van der Waals surface area (Å²) in [6.07, 6.45) is 1.57. The summed E-state index contributed by atoms with van der Waals surface area (Å²) in [5.74, 6) is 1.84. The maximum Gasteiger partial charge on any atom is 0.306 e. The summed E-state index contributed by atoms with van der Waals surface area (Å²) in [4.78, 5) is 11.2. The minimum Gasteiger partial charge on any atom is -0.465 e. The largest absolute Gasteiger partial charge is 0.465 e. The summed E-state index contributed by atoms with van der Waals surface area (Å²) in [5.41, 5.74) is 0. The summed E-state index contributed by atoms with van der Waals surface area (Å²) in [5, 5.41) is 0.0754. The van der Waals surface area contributed by atoms with Gasteiger partial charge in [0.1, 0.15) is 6.61 Å². The zero-order valence-electron chi connectivity index (χ0n) is 11.9. The molecular weight excluding hydrogens is 284 g/mol. The van der Waals surface area contributed by atoms with Gasteiger partial charge in [-0.1, -0.05) is 6.92 Å². The molecule has 0 rings (SSSR count). The van der Waals surface area contributed by atoms with Gasteiger partial charge in [0.05, 0.1) is 6.42 Å². The number of carbonyl (C=O) groups excluding carboxylic acids is 1. The van der Waals surface area contributed by atoms with Crippen LogP contribution in [0.5, 0.6) is 0 Å². The van der Waals surface area contributed by atoms with Crippen molar-refractivity contribution >= 4 is 38.7 Å². The fourth-order valence-corrected chi connectivity index (χ4v) is 3.71. The van der Waals surface area contributed by atoms with Crippen molar-refractivity contribution in [3.63, 3.8) is 0 Å². The maximum absolute atomic E-state index is 11.2. The van der Waals surface area contributed by atoms with Gasteiger partial charge in [-0.05, 0) is 31.3 Å². The van der Waals surface area contributed by atoms with Crippen molar-refractivity contribution in [2.75, 3.05) is 25.2 Å². The van der Waals surface area contributed by atoms with Crippen molar-refractivity contribution in [1.29, 1.82) is 0 Å². The van der Waals surface area contributed by atoms with Gasteiger partial charge in [0.25, 0.3) is 0 Å². The smallest absolute Gasteiger partial charge is 0.306 e. The van der Waals surface area contributed by atoms with Gasteiger partial charge < -0.3 is 9.16 Å². The van der Waals surface area contributed by atoms with E-state index in [0.29, 0.717) is 13.0 Å². The first-order valence-electron chi connectivity index (χ1n) is 6.34. The summed E-state index contributed by atoms with van der Waals surface area (Å²) >= 11 is 5.99. The van der Waals surface area contributed by atoms with Gasteiger partial charge >= 0.3 is 5.97 Å². The lowest BCUT2D eigenvalue weighted by Gasteiger charge is -2.19. The molecule has 0 aromatic heterocycles. The second-order valence-electron chi connectivity index (χ2n) is 4.95. The van der Waals surface area contributed by atoms with Gasteiger partial charge in [0.15, 0.2) is 8.32 Å². The van der Waals surface area contributed by atoms with E-state index >= 15 is 0 Å². The van der Waals surface area contributed by atoms with Crippen molar-refractivity contribution in [3.8, 4) is 0 Å². The average Bonchev–Trinajstić information content (AvgIpc) is 2.26. The fraction of sp³-hybridized carbons (Fsp3) is 0.917. The quantitative estimate of drug-likeness (QED) is 0.291.